The van der Waals surface area contributed by atoms with Crippen molar-refractivity contribution in [2.75, 3.05) is 0 Å². The van der Waals surface area contributed by atoms with Gasteiger partial charge in [0.2, 0.25) is 0 Å². The molecule has 0 fully saturated rings. The van der Waals surface area contributed by atoms with Gasteiger partial charge in [-0.2, -0.15) is 0 Å². The molecule has 0 amide bonds. The van der Waals surface area contributed by atoms with Gasteiger partial charge in [-0.25, -0.2) is 0 Å². The molecule has 0 spiro atoms. The molecule has 2 rings (SSSR count). The molecule has 2 N–H and O–H groups in total. The molecule has 2 heterocycles. The van der Waals surface area contributed by atoms with Crippen LogP contribution in [0, 0.1) is 5.41 Å². The number of fused-ring (bicyclic) bond motifs is 1. The molecule has 1 aromatic heterocycles. The first-order valence-corrected chi connectivity index (χ1v) is 4.96. The molecule has 0 aromatic carbocycles. The van der Waals surface area contributed by atoms with Crippen LogP contribution < -0.4 is 5.32 Å². The smallest absolute Gasteiger partial charge is 0.0226 e. The first-order chi connectivity index (χ1) is 6.07. The van der Waals surface area contributed by atoms with Crippen LogP contribution in [-0.2, 0) is 13.0 Å². The normalized spacial score (nSPS) is 22.8. The summed E-state index contributed by atoms with van der Waals surface area (Å²) in [7, 11) is 0. The zero-order valence-corrected chi connectivity index (χ0v) is 8.65. The summed E-state index contributed by atoms with van der Waals surface area (Å²) in [6.45, 7) is 7.89. The van der Waals surface area contributed by atoms with Crippen LogP contribution in [0.15, 0.2) is 12.3 Å². The molecule has 13 heavy (non-hydrogen) atoms. The van der Waals surface area contributed by atoms with E-state index in [0.717, 1.165) is 13.0 Å². The molecule has 72 valence electrons. The third kappa shape index (κ3) is 1.63. The van der Waals surface area contributed by atoms with E-state index < -0.39 is 0 Å². The Labute approximate surface area is 79.7 Å². The highest BCUT2D eigenvalue weighted by molar-refractivity contribution is 5.24. The maximum Gasteiger partial charge on any atom is 0.0226 e. The number of hydrogen-bond donors (Lipinski definition) is 2. The van der Waals surface area contributed by atoms with Gasteiger partial charge in [-0.15, -0.1) is 0 Å². The molecule has 0 saturated heterocycles. The molecule has 2 heteroatoms. The molecule has 1 aliphatic rings. The number of hydrogen-bond acceptors (Lipinski definition) is 1. The highest BCUT2D eigenvalue weighted by Crippen LogP contribution is 2.26. The van der Waals surface area contributed by atoms with E-state index in [0.29, 0.717) is 11.5 Å². The highest BCUT2D eigenvalue weighted by atomic mass is 15.0. The van der Waals surface area contributed by atoms with Gasteiger partial charge in [0, 0.05) is 30.9 Å². The van der Waals surface area contributed by atoms with Gasteiger partial charge in [0.1, 0.15) is 0 Å². The highest BCUT2D eigenvalue weighted by Gasteiger charge is 2.28. The van der Waals surface area contributed by atoms with Gasteiger partial charge in [0.15, 0.2) is 0 Å². The Morgan fingerprint density at radius 2 is 2.15 bits per heavy atom. The van der Waals surface area contributed by atoms with Crippen LogP contribution in [0.1, 0.15) is 32.0 Å². The zero-order valence-electron chi connectivity index (χ0n) is 8.65. The maximum atomic E-state index is 3.58. The number of aromatic amines is 1. The fraction of sp³-hybridized carbons (Fsp3) is 0.636. The second kappa shape index (κ2) is 2.88. The molecular weight excluding hydrogens is 160 g/mol. The lowest BCUT2D eigenvalue weighted by Crippen LogP contribution is -2.44. The Hall–Kier alpha value is -0.760. The van der Waals surface area contributed by atoms with Crippen LogP contribution >= 0.6 is 0 Å². The molecule has 1 aliphatic heterocycles. The minimum atomic E-state index is 0.350. The fourth-order valence-electron chi connectivity index (χ4n) is 1.91. The summed E-state index contributed by atoms with van der Waals surface area (Å²) < 4.78 is 0. The Morgan fingerprint density at radius 1 is 1.38 bits per heavy atom. The van der Waals surface area contributed by atoms with Crippen molar-refractivity contribution in [3.8, 4) is 0 Å². The zero-order chi connectivity index (χ0) is 9.47. The predicted molar refractivity (Wildman–Crippen MR) is 54.6 cm³/mol. The van der Waals surface area contributed by atoms with Crippen LogP contribution in [0.2, 0.25) is 0 Å². The minimum absolute atomic E-state index is 0.350. The van der Waals surface area contributed by atoms with Gasteiger partial charge in [-0.05, 0) is 17.0 Å². The number of H-pyrrole nitrogens is 1. The third-order valence-electron chi connectivity index (χ3n) is 2.92. The fourth-order valence-corrected chi connectivity index (χ4v) is 1.91. The molecule has 0 radical (unpaired) electrons. The summed E-state index contributed by atoms with van der Waals surface area (Å²) in [5.74, 6) is 0. The minimum Gasteiger partial charge on any atom is -0.365 e. The van der Waals surface area contributed by atoms with Crippen LogP contribution in [-0.4, -0.2) is 11.0 Å². The molecule has 1 aromatic rings. The summed E-state index contributed by atoms with van der Waals surface area (Å²) in [6, 6.07) is 2.76. The van der Waals surface area contributed by atoms with Crippen molar-refractivity contribution in [1.82, 2.24) is 10.3 Å². The van der Waals surface area contributed by atoms with Crippen molar-refractivity contribution in [3.63, 3.8) is 0 Å². The average molecular weight is 178 g/mol. The van der Waals surface area contributed by atoms with Crippen LogP contribution in [0.3, 0.4) is 0 Å². The number of aromatic nitrogens is 1. The lowest BCUT2D eigenvalue weighted by atomic mass is 9.82. The topological polar surface area (TPSA) is 27.8 Å². The van der Waals surface area contributed by atoms with Gasteiger partial charge in [0.05, 0.1) is 0 Å². The molecular formula is C11H18N2. The second-order valence-corrected chi connectivity index (χ2v) is 4.99. The van der Waals surface area contributed by atoms with Gasteiger partial charge >= 0.3 is 0 Å². The molecule has 0 aliphatic carbocycles. The first-order valence-electron chi connectivity index (χ1n) is 4.96. The average Bonchev–Trinajstić information content (AvgIpc) is 2.47. The Morgan fingerprint density at radius 3 is 2.85 bits per heavy atom. The van der Waals surface area contributed by atoms with Gasteiger partial charge in [0.25, 0.3) is 0 Å². The van der Waals surface area contributed by atoms with Crippen molar-refractivity contribution in [3.05, 3.63) is 23.5 Å². The summed E-state index contributed by atoms with van der Waals surface area (Å²) in [4.78, 5) is 3.32. The molecule has 2 nitrogen and oxygen atoms in total. The lowest BCUT2D eigenvalue weighted by Gasteiger charge is -2.34. The molecule has 0 bridgehead atoms. The van der Waals surface area contributed by atoms with E-state index in [-0.39, 0.29) is 0 Å². The van der Waals surface area contributed by atoms with E-state index in [2.05, 4.69) is 37.1 Å². The van der Waals surface area contributed by atoms with E-state index >= 15 is 0 Å². The number of rotatable bonds is 0. The Bertz CT molecular complexity index is 293. The summed E-state index contributed by atoms with van der Waals surface area (Å²) in [5, 5.41) is 3.58. The molecule has 1 unspecified atom stereocenters. The van der Waals surface area contributed by atoms with Crippen LogP contribution in [0.5, 0.6) is 0 Å². The van der Waals surface area contributed by atoms with E-state index in [1.807, 2.05) is 6.20 Å². The van der Waals surface area contributed by atoms with E-state index in [1.54, 1.807) is 0 Å². The third-order valence-corrected chi connectivity index (χ3v) is 2.92. The van der Waals surface area contributed by atoms with Crippen molar-refractivity contribution >= 4 is 0 Å². The van der Waals surface area contributed by atoms with E-state index in [4.69, 9.17) is 0 Å². The monoisotopic (exact) mass is 178 g/mol. The second-order valence-electron chi connectivity index (χ2n) is 4.99. The van der Waals surface area contributed by atoms with Crippen LogP contribution in [0.25, 0.3) is 0 Å². The quantitative estimate of drug-likeness (QED) is 0.625. The van der Waals surface area contributed by atoms with Crippen molar-refractivity contribution in [1.29, 1.82) is 0 Å². The van der Waals surface area contributed by atoms with Crippen molar-refractivity contribution in [2.24, 2.45) is 5.41 Å². The van der Waals surface area contributed by atoms with Crippen molar-refractivity contribution < 1.29 is 0 Å². The Kier molecular flexibility index (Phi) is 1.95. The largest absolute Gasteiger partial charge is 0.365 e. The van der Waals surface area contributed by atoms with Crippen molar-refractivity contribution in [2.45, 2.75) is 39.8 Å². The lowest BCUT2D eigenvalue weighted by molar-refractivity contribution is 0.253. The summed E-state index contributed by atoms with van der Waals surface area (Å²) >= 11 is 0. The Balaban J connectivity index is 2.18. The van der Waals surface area contributed by atoms with E-state index in [1.165, 1.54) is 11.3 Å². The standard InChI is InChI=1S/C11H18N2/c1-11(2,3)10-6-9-8(7-13-10)4-5-12-9/h4-5,10,12-13H,6-7H2,1-3H3. The van der Waals surface area contributed by atoms with E-state index in [9.17, 15) is 0 Å². The maximum absolute atomic E-state index is 3.58. The number of nitrogens with one attached hydrogen (secondary N) is 2. The van der Waals surface area contributed by atoms with Gasteiger partial charge in [-0.1, -0.05) is 20.8 Å². The summed E-state index contributed by atoms with van der Waals surface area (Å²) in [6.07, 6.45) is 3.17. The van der Waals surface area contributed by atoms with Gasteiger partial charge in [-0.3, -0.25) is 0 Å². The molecule has 0 saturated carbocycles. The van der Waals surface area contributed by atoms with Gasteiger partial charge < -0.3 is 10.3 Å². The van der Waals surface area contributed by atoms with Crippen LogP contribution in [0.4, 0.5) is 0 Å². The summed E-state index contributed by atoms with van der Waals surface area (Å²) in [5.41, 5.74) is 3.20. The predicted octanol–water partition coefficient (Wildman–Crippen LogP) is 2.08. The SMILES string of the molecule is CC(C)(C)C1Cc2[nH]ccc2CN1. The molecule has 1 atom stereocenters. The first kappa shape index (κ1) is 8.82.